The number of carbonyl (C=O) groups excluding carboxylic acids is 1. The number of methoxy groups -OCH3 is 1. The zero-order valence-electron chi connectivity index (χ0n) is 12.0. The number of aryl methyl sites for hydroxylation is 1. The lowest BCUT2D eigenvalue weighted by Gasteiger charge is -2.09. The molecule has 2 rings (SSSR count). The van der Waals surface area contributed by atoms with Gasteiger partial charge in [-0.1, -0.05) is 19.4 Å². The molecule has 0 saturated carbocycles. The third-order valence-corrected chi connectivity index (χ3v) is 3.27. The van der Waals surface area contributed by atoms with Crippen molar-refractivity contribution >= 4 is 11.9 Å². The molecule has 2 N–H and O–H groups in total. The average molecular weight is 284 g/mol. The summed E-state index contributed by atoms with van der Waals surface area (Å²) in [5.41, 5.74) is 8.78. The highest BCUT2D eigenvalue weighted by Crippen LogP contribution is 2.33. The van der Waals surface area contributed by atoms with Gasteiger partial charge in [0.2, 0.25) is 5.88 Å². The van der Waals surface area contributed by atoms with E-state index in [2.05, 4.69) is 6.92 Å². The number of hydrogen-bond donors (Lipinski definition) is 1. The van der Waals surface area contributed by atoms with E-state index in [0.29, 0.717) is 11.1 Å². The summed E-state index contributed by atoms with van der Waals surface area (Å²) in [6, 6.07) is 7.34. The van der Waals surface area contributed by atoms with E-state index in [9.17, 15) is 10.1 Å². The van der Waals surface area contributed by atoms with Crippen LogP contribution < -0.4 is 5.73 Å². The molecule has 1 heterocycles. The van der Waals surface area contributed by atoms with Gasteiger partial charge >= 0.3 is 5.97 Å². The highest BCUT2D eigenvalue weighted by Gasteiger charge is 2.17. The maximum absolute atomic E-state index is 11.7. The lowest BCUT2D eigenvalue weighted by molar-refractivity contribution is 0.0601. The van der Waals surface area contributed by atoms with Crippen LogP contribution in [0.5, 0.6) is 0 Å². The van der Waals surface area contributed by atoms with Gasteiger partial charge in [0.15, 0.2) is 0 Å². The summed E-state index contributed by atoms with van der Waals surface area (Å²) in [6.45, 7) is 2.06. The Labute approximate surface area is 122 Å². The molecule has 0 unspecified atom stereocenters. The van der Waals surface area contributed by atoms with E-state index in [1.54, 1.807) is 12.1 Å². The third-order valence-electron chi connectivity index (χ3n) is 3.27. The van der Waals surface area contributed by atoms with Crippen LogP contribution in [-0.2, 0) is 11.2 Å². The molecule has 21 heavy (non-hydrogen) atoms. The predicted octanol–water partition coefficient (Wildman–Crippen LogP) is 3.14. The molecule has 2 aromatic rings. The number of nitrogens with zero attached hydrogens (tertiary/aromatic N) is 1. The summed E-state index contributed by atoms with van der Waals surface area (Å²) in [4.78, 5) is 11.7. The number of carbonyl (C=O) groups is 1. The second kappa shape index (κ2) is 6.14. The zero-order valence-corrected chi connectivity index (χ0v) is 12.0. The summed E-state index contributed by atoms with van der Waals surface area (Å²) >= 11 is 0. The Morgan fingerprint density at radius 2 is 2.19 bits per heavy atom. The van der Waals surface area contributed by atoms with Crippen LogP contribution >= 0.6 is 0 Å². The summed E-state index contributed by atoms with van der Waals surface area (Å²) in [5, 5.41) is 9.21. The SMILES string of the molecule is CCCc1ccc(C(=O)OC)cc1-c1coc(N)c1C#N. The van der Waals surface area contributed by atoms with E-state index >= 15 is 0 Å². The van der Waals surface area contributed by atoms with Crippen LogP contribution in [0.4, 0.5) is 5.88 Å². The minimum absolute atomic E-state index is 0.0819. The molecule has 1 aromatic carbocycles. The van der Waals surface area contributed by atoms with Crippen molar-refractivity contribution in [3.63, 3.8) is 0 Å². The van der Waals surface area contributed by atoms with Crippen molar-refractivity contribution in [1.29, 1.82) is 5.26 Å². The van der Waals surface area contributed by atoms with E-state index in [-0.39, 0.29) is 11.4 Å². The zero-order chi connectivity index (χ0) is 15.4. The summed E-state index contributed by atoms with van der Waals surface area (Å²) in [7, 11) is 1.33. The average Bonchev–Trinajstić information content (AvgIpc) is 2.87. The van der Waals surface area contributed by atoms with E-state index < -0.39 is 5.97 Å². The van der Waals surface area contributed by atoms with Crippen molar-refractivity contribution in [3.8, 4) is 17.2 Å². The highest BCUT2D eigenvalue weighted by atomic mass is 16.5. The number of nitrogen functional groups attached to an aromatic ring is 1. The quantitative estimate of drug-likeness (QED) is 0.871. The van der Waals surface area contributed by atoms with Crippen molar-refractivity contribution in [3.05, 3.63) is 41.2 Å². The molecule has 0 amide bonds. The number of furan rings is 1. The first-order chi connectivity index (χ1) is 10.1. The molecule has 108 valence electrons. The van der Waals surface area contributed by atoms with Crippen molar-refractivity contribution in [1.82, 2.24) is 0 Å². The number of nitrogens with two attached hydrogens (primary N) is 1. The van der Waals surface area contributed by atoms with Crippen LogP contribution in [0.3, 0.4) is 0 Å². The summed E-state index contributed by atoms with van der Waals surface area (Å²) < 4.78 is 9.88. The summed E-state index contributed by atoms with van der Waals surface area (Å²) in [5.74, 6) is -0.340. The van der Waals surface area contributed by atoms with Gasteiger partial charge in [0.25, 0.3) is 0 Å². The summed E-state index contributed by atoms with van der Waals surface area (Å²) in [6.07, 6.45) is 3.22. The van der Waals surface area contributed by atoms with Gasteiger partial charge in [-0.3, -0.25) is 0 Å². The molecular weight excluding hydrogens is 268 g/mol. The monoisotopic (exact) mass is 284 g/mol. The maximum Gasteiger partial charge on any atom is 0.337 e. The topological polar surface area (TPSA) is 89.2 Å². The number of nitriles is 1. The standard InChI is InChI=1S/C16H16N2O3/c1-3-4-10-5-6-11(16(19)20-2)7-12(10)14-9-21-15(18)13(14)8-17/h5-7,9H,3-4,18H2,1-2H3. The molecule has 1 aromatic heterocycles. The van der Waals surface area contributed by atoms with Gasteiger partial charge in [0.05, 0.1) is 12.7 Å². The highest BCUT2D eigenvalue weighted by molar-refractivity contribution is 5.92. The Kier molecular flexibility index (Phi) is 4.29. The van der Waals surface area contributed by atoms with Crippen LogP contribution in [0.2, 0.25) is 0 Å². The van der Waals surface area contributed by atoms with Gasteiger partial charge in [0, 0.05) is 5.56 Å². The van der Waals surface area contributed by atoms with Gasteiger partial charge in [0.1, 0.15) is 17.9 Å². The predicted molar refractivity (Wildman–Crippen MR) is 78.6 cm³/mol. The minimum Gasteiger partial charge on any atom is -0.465 e. The molecule has 0 bridgehead atoms. The molecule has 0 radical (unpaired) electrons. The number of esters is 1. The van der Waals surface area contributed by atoms with Crippen LogP contribution in [0.1, 0.15) is 34.8 Å². The lowest BCUT2D eigenvalue weighted by atomic mass is 9.94. The Balaban J connectivity index is 2.63. The molecule has 0 aliphatic carbocycles. The number of hydrogen-bond acceptors (Lipinski definition) is 5. The van der Waals surface area contributed by atoms with E-state index in [1.165, 1.54) is 13.4 Å². The van der Waals surface area contributed by atoms with Gasteiger partial charge in [-0.15, -0.1) is 0 Å². The van der Waals surface area contributed by atoms with Crippen LogP contribution in [0, 0.1) is 11.3 Å². The van der Waals surface area contributed by atoms with Gasteiger partial charge in [-0.25, -0.2) is 4.79 Å². The lowest BCUT2D eigenvalue weighted by Crippen LogP contribution is -2.02. The molecule has 0 fully saturated rings. The Morgan fingerprint density at radius 3 is 2.81 bits per heavy atom. The maximum atomic E-state index is 11.7. The van der Waals surface area contributed by atoms with Crippen LogP contribution in [0.15, 0.2) is 28.9 Å². The van der Waals surface area contributed by atoms with Crippen LogP contribution in [-0.4, -0.2) is 13.1 Å². The Hall–Kier alpha value is -2.74. The van der Waals surface area contributed by atoms with Gasteiger partial charge in [-0.2, -0.15) is 5.26 Å². The molecule has 0 saturated heterocycles. The number of benzene rings is 1. The fraction of sp³-hybridized carbons (Fsp3) is 0.250. The van der Waals surface area contributed by atoms with E-state index in [1.807, 2.05) is 12.1 Å². The Morgan fingerprint density at radius 1 is 1.43 bits per heavy atom. The molecule has 5 heteroatoms. The molecule has 0 aliphatic heterocycles. The molecule has 0 aliphatic rings. The van der Waals surface area contributed by atoms with Crippen LogP contribution in [0.25, 0.3) is 11.1 Å². The molecule has 0 atom stereocenters. The Bertz CT molecular complexity index is 711. The van der Waals surface area contributed by atoms with Gasteiger partial charge in [-0.05, 0) is 29.7 Å². The van der Waals surface area contributed by atoms with Crippen molar-refractivity contribution in [2.75, 3.05) is 12.8 Å². The second-order valence-electron chi connectivity index (χ2n) is 4.61. The van der Waals surface area contributed by atoms with Gasteiger partial charge < -0.3 is 14.9 Å². The molecule has 5 nitrogen and oxygen atoms in total. The largest absolute Gasteiger partial charge is 0.465 e. The van der Waals surface area contributed by atoms with Crippen molar-refractivity contribution in [2.45, 2.75) is 19.8 Å². The first kappa shape index (κ1) is 14.7. The molecule has 0 spiro atoms. The first-order valence-electron chi connectivity index (χ1n) is 6.61. The number of anilines is 1. The number of rotatable bonds is 4. The normalized spacial score (nSPS) is 10.1. The van der Waals surface area contributed by atoms with E-state index in [4.69, 9.17) is 14.9 Å². The fourth-order valence-corrected chi connectivity index (χ4v) is 2.25. The number of ether oxygens (including phenoxy) is 1. The first-order valence-corrected chi connectivity index (χ1v) is 6.61. The minimum atomic E-state index is -0.422. The molecular formula is C16H16N2O3. The van der Waals surface area contributed by atoms with E-state index in [0.717, 1.165) is 24.0 Å². The van der Waals surface area contributed by atoms with Crippen molar-refractivity contribution < 1.29 is 13.9 Å². The fourth-order valence-electron chi connectivity index (χ4n) is 2.25. The third kappa shape index (κ3) is 2.75. The second-order valence-corrected chi connectivity index (χ2v) is 4.61. The smallest absolute Gasteiger partial charge is 0.337 e. The van der Waals surface area contributed by atoms with Crippen molar-refractivity contribution in [2.24, 2.45) is 0 Å².